The summed E-state index contributed by atoms with van der Waals surface area (Å²) < 4.78 is 0. The summed E-state index contributed by atoms with van der Waals surface area (Å²) in [5.41, 5.74) is 1.27. The van der Waals surface area contributed by atoms with Gasteiger partial charge >= 0.3 is 0 Å². The number of aliphatic hydroxyl groups excluding tert-OH is 1. The first kappa shape index (κ1) is 24.7. The van der Waals surface area contributed by atoms with E-state index in [1.807, 2.05) is 39.8 Å². The van der Waals surface area contributed by atoms with Gasteiger partial charge in [-0.25, -0.2) is 4.98 Å². The number of hydrogen-bond acceptors (Lipinski definition) is 6. The van der Waals surface area contributed by atoms with Crippen LogP contribution in [0.15, 0.2) is 35.2 Å². The molecule has 2 aliphatic carbocycles. The summed E-state index contributed by atoms with van der Waals surface area (Å²) in [6, 6.07) is 10.5. The van der Waals surface area contributed by atoms with Crippen molar-refractivity contribution in [2.24, 2.45) is 23.2 Å². The lowest BCUT2D eigenvalue weighted by Gasteiger charge is -2.53. The van der Waals surface area contributed by atoms with Crippen molar-refractivity contribution in [1.82, 2.24) is 9.88 Å². The van der Waals surface area contributed by atoms with Crippen molar-refractivity contribution in [2.75, 3.05) is 24.6 Å². The molecule has 0 radical (unpaired) electrons. The average Bonchev–Trinajstić information content (AvgIpc) is 3.26. The monoisotopic (exact) mass is 516 g/mol. The fourth-order valence-electron chi connectivity index (χ4n) is 6.58. The molecule has 1 aromatic heterocycles. The minimum atomic E-state index is -0.455. The van der Waals surface area contributed by atoms with Crippen molar-refractivity contribution in [3.63, 3.8) is 0 Å². The van der Waals surface area contributed by atoms with E-state index < -0.39 is 6.10 Å². The second-order valence-corrected chi connectivity index (χ2v) is 14.0. The minimum Gasteiger partial charge on any atom is -0.392 e. The van der Waals surface area contributed by atoms with Crippen LogP contribution in [0.1, 0.15) is 55.1 Å². The number of amides is 1. The highest BCUT2D eigenvalue weighted by Gasteiger charge is 2.54. The summed E-state index contributed by atoms with van der Waals surface area (Å²) in [7, 11) is 0. The second-order valence-electron chi connectivity index (χ2n) is 10.6. The van der Waals surface area contributed by atoms with Gasteiger partial charge in [0.2, 0.25) is 5.91 Å². The molecule has 5 rings (SSSR count). The van der Waals surface area contributed by atoms with Crippen molar-refractivity contribution < 1.29 is 9.90 Å². The topological polar surface area (TPSA) is 53.4 Å². The molecule has 2 fully saturated rings. The van der Waals surface area contributed by atoms with E-state index in [1.54, 1.807) is 0 Å². The first-order valence-electron chi connectivity index (χ1n) is 12.6. The van der Waals surface area contributed by atoms with Gasteiger partial charge in [0.15, 0.2) is 0 Å². The molecule has 34 heavy (non-hydrogen) atoms. The van der Waals surface area contributed by atoms with Crippen LogP contribution >= 0.6 is 34.9 Å². The number of carbonyl (C=O) groups is 1. The third-order valence-electron chi connectivity index (χ3n) is 8.43. The average molecular weight is 517 g/mol. The van der Waals surface area contributed by atoms with Crippen LogP contribution in [0.4, 0.5) is 0 Å². The molecular weight excluding hydrogens is 481 g/mol. The van der Waals surface area contributed by atoms with E-state index >= 15 is 0 Å². The van der Waals surface area contributed by atoms with E-state index in [0.29, 0.717) is 0 Å². The number of carbonyl (C=O) groups excluding carboxylic acids is 1. The second kappa shape index (κ2) is 10.2. The maximum atomic E-state index is 13.2. The molecule has 1 saturated carbocycles. The van der Waals surface area contributed by atoms with Crippen molar-refractivity contribution in [1.29, 1.82) is 0 Å². The van der Waals surface area contributed by atoms with Crippen molar-refractivity contribution >= 4 is 40.8 Å². The summed E-state index contributed by atoms with van der Waals surface area (Å²) in [6.07, 6.45) is 2.55. The number of thiazole rings is 1. The summed E-state index contributed by atoms with van der Waals surface area (Å²) in [6.45, 7) is 8.37. The van der Waals surface area contributed by atoms with Gasteiger partial charge in [-0.3, -0.25) is 4.79 Å². The Kier molecular flexibility index (Phi) is 7.37. The number of benzene rings is 1. The highest BCUT2D eigenvalue weighted by molar-refractivity contribution is 7.99. The molecule has 3 aliphatic rings. The Balaban J connectivity index is 1.32. The van der Waals surface area contributed by atoms with E-state index in [9.17, 15) is 9.90 Å². The quantitative estimate of drug-likeness (QED) is 0.517. The standard InChI is InChI=1S/C27H36N2O2S3/c1-17(26(31)29-11-13-32-14-12-29)20-9-10-27(3)15-21-24(18(2)23(27)25(20)30)28-22(34-21)16-33-19-7-5-4-6-8-19/h4-8,17-18,20,23,25,30H,9-16H2,1-3H3/t17-,18+,20-,23+,25-,27+/m0/s1. The highest BCUT2D eigenvalue weighted by Crippen LogP contribution is 2.57. The van der Waals surface area contributed by atoms with Crippen LogP contribution in [0.5, 0.6) is 0 Å². The van der Waals surface area contributed by atoms with Gasteiger partial charge in [0, 0.05) is 46.2 Å². The molecule has 7 heteroatoms. The zero-order chi connectivity index (χ0) is 23.9. The molecule has 0 spiro atoms. The Morgan fingerprint density at radius 1 is 1.29 bits per heavy atom. The van der Waals surface area contributed by atoms with Crippen LogP contribution in [0, 0.1) is 23.2 Å². The normalized spacial score (nSPS) is 32.1. The summed E-state index contributed by atoms with van der Waals surface area (Å²) in [5, 5.41) is 12.9. The Bertz CT molecular complexity index is 1010. The van der Waals surface area contributed by atoms with Gasteiger partial charge < -0.3 is 10.0 Å². The molecule has 2 heterocycles. The van der Waals surface area contributed by atoms with E-state index in [2.05, 4.69) is 51.1 Å². The van der Waals surface area contributed by atoms with Gasteiger partial charge in [-0.1, -0.05) is 39.0 Å². The van der Waals surface area contributed by atoms with Crippen molar-refractivity contribution in [2.45, 2.75) is 62.7 Å². The van der Waals surface area contributed by atoms with Gasteiger partial charge in [-0.2, -0.15) is 11.8 Å². The molecule has 2 aromatic rings. The van der Waals surface area contributed by atoms with Crippen LogP contribution in [0.25, 0.3) is 0 Å². The number of thioether (sulfide) groups is 2. The summed E-state index contributed by atoms with van der Waals surface area (Å²) >= 11 is 5.63. The van der Waals surface area contributed by atoms with E-state index in [1.165, 1.54) is 20.5 Å². The number of nitrogens with zero attached hydrogens (tertiary/aromatic N) is 2. The molecule has 0 bridgehead atoms. The molecule has 6 atom stereocenters. The molecule has 4 nitrogen and oxygen atoms in total. The van der Waals surface area contributed by atoms with Gasteiger partial charge in [0.1, 0.15) is 5.01 Å². The van der Waals surface area contributed by atoms with E-state index in [0.717, 1.165) is 49.6 Å². The third kappa shape index (κ3) is 4.70. The fraction of sp³-hybridized carbons (Fsp3) is 0.630. The lowest BCUT2D eigenvalue weighted by molar-refractivity contribution is -0.144. The highest BCUT2D eigenvalue weighted by atomic mass is 32.2. The van der Waals surface area contributed by atoms with Crippen LogP contribution in [0.3, 0.4) is 0 Å². The van der Waals surface area contributed by atoms with Gasteiger partial charge in [0.25, 0.3) is 0 Å². The summed E-state index contributed by atoms with van der Waals surface area (Å²) in [4.78, 5) is 23.1. The lowest BCUT2D eigenvalue weighted by atomic mass is 9.53. The van der Waals surface area contributed by atoms with Crippen LogP contribution in [-0.4, -0.2) is 51.6 Å². The molecule has 1 N–H and O–H groups in total. The Labute approximate surface area is 216 Å². The van der Waals surface area contributed by atoms with Crippen molar-refractivity contribution in [3.05, 3.63) is 45.9 Å². The molecule has 0 unspecified atom stereocenters. The zero-order valence-electron chi connectivity index (χ0n) is 20.4. The van der Waals surface area contributed by atoms with Gasteiger partial charge in [0.05, 0.1) is 17.6 Å². The Morgan fingerprint density at radius 3 is 2.76 bits per heavy atom. The molecule has 1 aliphatic heterocycles. The predicted molar refractivity (Wildman–Crippen MR) is 144 cm³/mol. The maximum absolute atomic E-state index is 13.2. The van der Waals surface area contributed by atoms with E-state index in [4.69, 9.17) is 4.98 Å². The fourth-order valence-corrected chi connectivity index (χ4v) is 9.76. The van der Waals surface area contributed by atoms with Crippen LogP contribution < -0.4 is 0 Å². The molecule has 1 aromatic carbocycles. The molecule has 1 saturated heterocycles. The minimum absolute atomic E-state index is 0.0379. The number of aliphatic hydroxyl groups is 1. The smallest absolute Gasteiger partial charge is 0.225 e. The number of fused-ring (bicyclic) bond motifs is 2. The zero-order valence-corrected chi connectivity index (χ0v) is 22.9. The maximum Gasteiger partial charge on any atom is 0.225 e. The first-order chi connectivity index (χ1) is 16.4. The van der Waals surface area contributed by atoms with Crippen LogP contribution in [-0.2, 0) is 17.0 Å². The third-order valence-corrected chi connectivity index (χ3v) is 11.6. The van der Waals surface area contributed by atoms with E-state index in [-0.39, 0.29) is 35.0 Å². The predicted octanol–water partition coefficient (Wildman–Crippen LogP) is 5.70. The SMILES string of the molecule is C[C@H](C(=O)N1CCSCC1)[C@@H]1CC[C@]2(C)Cc3sc(CSc4ccccc4)nc3[C@H](C)[C@@H]2[C@H]1O. The largest absolute Gasteiger partial charge is 0.392 e. The first-order valence-corrected chi connectivity index (χ1v) is 15.5. The van der Waals surface area contributed by atoms with Crippen molar-refractivity contribution in [3.8, 4) is 0 Å². The van der Waals surface area contributed by atoms with Gasteiger partial charge in [-0.15, -0.1) is 23.1 Å². The lowest BCUT2D eigenvalue weighted by Crippen LogP contribution is -2.54. The molecular formula is C27H36N2O2S3. The Morgan fingerprint density at radius 2 is 2.03 bits per heavy atom. The molecule has 1 amide bonds. The number of aromatic nitrogens is 1. The Hall–Kier alpha value is -1.02. The number of hydrogen-bond donors (Lipinski definition) is 1. The van der Waals surface area contributed by atoms with Crippen LogP contribution in [0.2, 0.25) is 0 Å². The van der Waals surface area contributed by atoms with Gasteiger partial charge in [-0.05, 0) is 48.6 Å². The summed E-state index contributed by atoms with van der Waals surface area (Å²) in [5.74, 6) is 3.48. The molecule has 184 valence electrons. The number of rotatable bonds is 5.